The summed E-state index contributed by atoms with van der Waals surface area (Å²) in [6.45, 7) is 10.9. The Morgan fingerprint density at radius 3 is 2.76 bits per heavy atom. The van der Waals surface area contributed by atoms with E-state index in [1.165, 1.54) is 0 Å². The number of esters is 2. The van der Waals surface area contributed by atoms with Gasteiger partial charge >= 0.3 is 11.9 Å². The van der Waals surface area contributed by atoms with Crippen molar-refractivity contribution >= 4 is 11.9 Å². The normalized spacial score (nSPS) is 27.4. The van der Waals surface area contributed by atoms with E-state index in [1.54, 1.807) is 13.8 Å². The number of cyclic esters (lactones) is 1. The summed E-state index contributed by atoms with van der Waals surface area (Å²) >= 11 is 0. The Hall–Kier alpha value is -1.83. The molecule has 1 fully saturated rings. The molecule has 0 aromatic carbocycles. The molecule has 0 aromatic heterocycles. The van der Waals surface area contributed by atoms with E-state index >= 15 is 0 Å². The molecule has 0 bridgehead atoms. The van der Waals surface area contributed by atoms with E-state index in [9.17, 15) is 14.9 Å². The van der Waals surface area contributed by atoms with Gasteiger partial charge in [0.1, 0.15) is 6.10 Å². The molecule has 0 radical (unpaired) electrons. The van der Waals surface area contributed by atoms with E-state index in [4.69, 9.17) is 9.47 Å². The van der Waals surface area contributed by atoms with Crippen LogP contribution in [0.3, 0.4) is 0 Å². The molecule has 5 heteroatoms. The molecule has 0 amide bonds. The first-order chi connectivity index (χ1) is 9.76. The van der Waals surface area contributed by atoms with E-state index in [1.807, 2.05) is 13.8 Å². The Labute approximate surface area is 125 Å². The minimum Gasteiger partial charge on any atom is -0.464 e. The molecular weight excluding hydrogens is 270 g/mol. The first-order valence-corrected chi connectivity index (χ1v) is 7.21. The van der Waals surface area contributed by atoms with Crippen LogP contribution in [0.5, 0.6) is 0 Å². The summed E-state index contributed by atoms with van der Waals surface area (Å²) < 4.78 is 10.4. The lowest BCUT2D eigenvalue weighted by Gasteiger charge is -2.27. The highest BCUT2D eigenvalue weighted by atomic mass is 16.5. The SMILES string of the molecule is C=C(C)C(=O)OC(CC)C(C)CC1COC(=O)C1(C)C#N. The van der Waals surface area contributed by atoms with Crippen LogP contribution >= 0.6 is 0 Å². The molecular formula is C16H23NO4. The lowest BCUT2D eigenvalue weighted by molar-refractivity contribution is -0.147. The predicted octanol–water partition coefficient (Wildman–Crippen LogP) is 2.61. The number of carbonyl (C=O) groups is 2. The predicted molar refractivity (Wildman–Crippen MR) is 76.9 cm³/mol. The molecule has 1 aliphatic rings. The molecule has 1 aliphatic heterocycles. The average Bonchev–Trinajstić information content (AvgIpc) is 2.72. The number of carbonyl (C=O) groups excluding carboxylic acids is 2. The molecule has 1 rings (SSSR count). The van der Waals surface area contributed by atoms with E-state index in [2.05, 4.69) is 12.6 Å². The molecule has 0 spiro atoms. The highest BCUT2D eigenvalue weighted by Gasteiger charge is 2.49. The van der Waals surface area contributed by atoms with Crippen molar-refractivity contribution in [3.8, 4) is 6.07 Å². The van der Waals surface area contributed by atoms with Crippen LogP contribution in [0.4, 0.5) is 0 Å². The van der Waals surface area contributed by atoms with E-state index in [0.29, 0.717) is 18.4 Å². The Bertz CT molecular complexity index is 479. The van der Waals surface area contributed by atoms with Gasteiger partial charge in [0.15, 0.2) is 5.41 Å². The van der Waals surface area contributed by atoms with Crippen molar-refractivity contribution in [2.24, 2.45) is 17.3 Å². The van der Waals surface area contributed by atoms with Crippen LogP contribution < -0.4 is 0 Å². The molecule has 4 atom stereocenters. The van der Waals surface area contributed by atoms with Gasteiger partial charge in [-0.3, -0.25) is 4.79 Å². The van der Waals surface area contributed by atoms with Gasteiger partial charge in [-0.2, -0.15) is 5.26 Å². The molecule has 21 heavy (non-hydrogen) atoms. The third kappa shape index (κ3) is 3.63. The smallest absolute Gasteiger partial charge is 0.333 e. The monoisotopic (exact) mass is 293 g/mol. The maximum absolute atomic E-state index is 11.7. The molecule has 0 aromatic rings. The van der Waals surface area contributed by atoms with Crippen LogP contribution in [0.1, 0.15) is 40.5 Å². The Morgan fingerprint density at radius 2 is 2.29 bits per heavy atom. The van der Waals surface area contributed by atoms with Gasteiger partial charge in [0.25, 0.3) is 0 Å². The van der Waals surface area contributed by atoms with Crippen molar-refractivity contribution in [2.75, 3.05) is 6.61 Å². The Balaban J connectivity index is 2.73. The minimum atomic E-state index is -1.11. The van der Waals surface area contributed by atoms with Crippen LogP contribution in [0.25, 0.3) is 0 Å². The summed E-state index contributed by atoms with van der Waals surface area (Å²) in [4.78, 5) is 23.3. The summed E-state index contributed by atoms with van der Waals surface area (Å²) in [5.74, 6) is -1.02. The lowest BCUT2D eigenvalue weighted by Crippen LogP contribution is -2.33. The molecule has 1 saturated heterocycles. The van der Waals surface area contributed by atoms with Crippen molar-refractivity contribution < 1.29 is 19.1 Å². The largest absolute Gasteiger partial charge is 0.464 e. The van der Waals surface area contributed by atoms with Crippen molar-refractivity contribution in [1.82, 2.24) is 0 Å². The zero-order chi connectivity index (χ0) is 16.2. The van der Waals surface area contributed by atoms with Gasteiger partial charge in [-0.15, -0.1) is 0 Å². The molecule has 5 nitrogen and oxygen atoms in total. The maximum Gasteiger partial charge on any atom is 0.333 e. The fourth-order valence-electron chi connectivity index (χ4n) is 2.54. The van der Waals surface area contributed by atoms with Gasteiger partial charge in [-0.1, -0.05) is 20.4 Å². The topological polar surface area (TPSA) is 76.4 Å². The van der Waals surface area contributed by atoms with Gasteiger partial charge in [-0.05, 0) is 32.6 Å². The van der Waals surface area contributed by atoms with Crippen molar-refractivity contribution in [2.45, 2.75) is 46.6 Å². The molecule has 4 unspecified atom stereocenters. The quantitative estimate of drug-likeness (QED) is 0.555. The number of nitriles is 1. The molecule has 116 valence electrons. The highest BCUT2D eigenvalue weighted by Crippen LogP contribution is 2.39. The van der Waals surface area contributed by atoms with Crippen molar-refractivity contribution in [1.29, 1.82) is 5.26 Å². The van der Waals surface area contributed by atoms with Gasteiger partial charge in [-0.25, -0.2) is 4.79 Å². The zero-order valence-electron chi connectivity index (χ0n) is 13.1. The summed E-state index contributed by atoms with van der Waals surface area (Å²) in [5, 5.41) is 9.25. The molecule has 0 aliphatic carbocycles. The number of nitrogens with zero attached hydrogens (tertiary/aromatic N) is 1. The van der Waals surface area contributed by atoms with Crippen LogP contribution in [0.2, 0.25) is 0 Å². The third-order valence-electron chi connectivity index (χ3n) is 4.19. The van der Waals surface area contributed by atoms with Gasteiger partial charge in [0, 0.05) is 11.5 Å². The lowest BCUT2D eigenvalue weighted by atomic mass is 9.75. The number of ether oxygens (including phenoxy) is 2. The Kier molecular flexibility index (Phi) is 5.54. The molecule has 1 heterocycles. The van der Waals surface area contributed by atoms with E-state index in [0.717, 1.165) is 0 Å². The molecule has 0 saturated carbocycles. The van der Waals surface area contributed by atoms with Crippen LogP contribution in [0.15, 0.2) is 12.2 Å². The highest BCUT2D eigenvalue weighted by molar-refractivity contribution is 5.87. The second kappa shape index (κ2) is 6.75. The number of rotatable bonds is 6. The average molecular weight is 293 g/mol. The summed E-state index contributed by atoms with van der Waals surface area (Å²) in [6.07, 6.45) is 1.01. The molecule has 0 N–H and O–H groups in total. The van der Waals surface area contributed by atoms with Crippen LogP contribution in [-0.2, 0) is 19.1 Å². The maximum atomic E-state index is 11.7. The minimum absolute atomic E-state index is 0.0328. The van der Waals surface area contributed by atoms with E-state index < -0.39 is 17.4 Å². The van der Waals surface area contributed by atoms with Crippen LogP contribution in [0, 0.1) is 28.6 Å². The zero-order valence-corrected chi connectivity index (χ0v) is 13.1. The third-order valence-corrected chi connectivity index (χ3v) is 4.19. The number of hydrogen-bond acceptors (Lipinski definition) is 5. The van der Waals surface area contributed by atoms with Crippen molar-refractivity contribution in [3.63, 3.8) is 0 Å². The first kappa shape index (κ1) is 17.2. The van der Waals surface area contributed by atoms with Gasteiger partial charge in [0.05, 0.1) is 12.7 Å². The van der Waals surface area contributed by atoms with Gasteiger partial charge in [0.2, 0.25) is 0 Å². The first-order valence-electron chi connectivity index (χ1n) is 7.21. The standard InChI is InChI=1S/C16H23NO4/c1-6-13(21-14(18)10(2)3)11(4)7-12-8-20-15(19)16(12,5)9-17/h11-13H,2,6-8H2,1,3-5H3. The van der Waals surface area contributed by atoms with Crippen LogP contribution in [-0.4, -0.2) is 24.6 Å². The number of hydrogen-bond donors (Lipinski definition) is 0. The summed E-state index contributed by atoms with van der Waals surface area (Å²) in [7, 11) is 0. The van der Waals surface area contributed by atoms with Gasteiger partial charge < -0.3 is 9.47 Å². The second-order valence-corrected chi connectivity index (χ2v) is 5.95. The summed E-state index contributed by atoms with van der Waals surface area (Å²) in [5.41, 5.74) is -0.743. The fraction of sp³-hybridized carbons (Fsp3) is 0.688. The van der Waals surface area contributed by atoms with Crippen molar-refractivity contribution in [3.05, 3.63) is 12.2 Å². The summed E-state index contributed by atoms with van der Waals surface area (Å²) in [6, 6.07) is 2.07. The van der Waals surface area contributed by atoms with E-state index in [-0.39, 0.29) is 24.5 Å². The fourth-order valence-corrected chi connectivity index (χ4v) is 2.54. The second-order valence-electron chi connectivity index (χ2n) is 5.95. The Morgan fingerprint density at radius 1 is 1.67 bits per heavy atom.